The lowest BCUT2D eigenvalue weighted by Crippen LogP contribution is -2.52. The quantitative estimate of drug-likeness (QED) is 0.802. The highest BCUT2D eigenvalue weighted by Crippen LogP contribution is 2.38. The predicted molar refractivity (Wildman–Crippen MR) is 78.5 cm³/mol. The molecular weight excluding hydrogens is 266 g/mol. The lowest BCUT2D eigenvalue weighted by Gasteiger charge is -2.29. The summed E-state index contributed by atoms with van der Waals surface area (Å²) in [6, 6.07) is 0.117. The number of hydrogen-bond donors (Lipinski definition) is 2. The zero-order valence-electron chi connectivity index (χ0n) is 12.5. The second-order valence-corrected chi connectivity index (χ2v) is 7.21. The third-order valence-electron chi connectivity index (χ3n) is 5.77. The maximum absolute atomic E-state index is 12.9. The monoisotopic (exact) mass is 291 g/mol. The minimum atomic E-state index is -0.222. The highest BCUT2D eigenvalue weighted by Gasteiger charge is 2.46. The van der Waals surface area contributed by atoms with Crippen molar-refractivity contribution in [1.29, 1.82) is 0 Å². The Morgan fingerprint density at radius 3 is 2.71 bits per heavy atom. The summed E-state index contributed by atoms with van der Waals surface area (Å²) in [4.78, 5) is 27.1. The first-order valence-corrected chi connectivity index (χ1v) is 8.58. The molecule has 0 aromatic heterocycles. The van der Waals surface area contributed by atoms with Gasteiger partial charge in [0.05, 0.1) is 6.04 Å². The first kappa shape index (κ1) is 13.6. The first-order chi connectivity index (χ1) is 10.2. The number of nitrogens with one attached hydrogen (secondary N) is 2. The Bertz CT molecular complexity index is 449. The van der Waals surface area contributed by atoms with Gasteiger partial charge in [0.25, 0.3) is 0 Å². The van der Waals surface area contributed by atoms with Gasteiger partial charge in [0.1, 0.15) is 6.04 Å². The van der Waals surface area contributed by atoms with E-state index in [9.17, 15) is 9.59 Å². The molecule has 4 fully saturated rings. The van der Waals surface area contributed by atoms with Gasteiger partial charge in [-0.25, -0.2) is 0 Å². The highest BCUT2D eigenvalue weighted by molar-refractivity contribution is 5.91. The van der Waals surface area contributed by atoms with E-state index in [1.54, 1.807) is 0 Å². The van der Waals surface area contributed by atoms with Gasteiger partial charge in [-0.1, -0.05) is 6.42 Å². The Kier molecular flexibility index (Phi) is 3.40. The van der Waals surface area contributed by atoms with E-state index in [0.717, 1.165) is 38.8 Å². The summed E-state index contributed by atoms with van der Waals surface area (Å²) in [6.07, 6.45) is 7.65. The fourth-order valence-corrected chi connectivity index (χ4v) is 4.46. The van der Waals surface area contributed by atoms with Crippen molar-refractivity contribution in [2.24, 2.45) is 11.8 Å². The Balaban J connectivity index is 1.43. The molecule has 4 atom stereocenters. The third-order valence-corrected chi connectivity index (χ3v) is 5.77. The van der Waals surface area contributed by atoms with E-state index in [4.69, 9.17) is 0 Å². The van der Waals surface area contributed by atoms with Crippen molar-refractivity contribution < 1.29 is 9.59 Å². The van der Waals surface area contributed by atoms with Crippen LogP contribution in [0.1, 0.15) is 44.9 Å². The smallest absolute Gasteiger partial charge is 0.243 e. The molecule has 2 saturated carbocycles. The van der Waals surface area contributed by atoms with Crippen LogP contribution >= 0.6 is 0 Å². The van der Waals surface area contributed by atoms with Crippen molar-refractivity contribution in [3.05, 3.63) is 0 Å². The summed E-state index contributed by atoms with van der Waals surface area (Å²) in [5, 5.41) is 6.49. The normalized spacial score (nSPS) is 38.6. The van der Waals surface area contributed by atoms with E-state index in [-0.39, 0.29) is 23.9 Å². The van der Waals surface area contributed by atoms with Crippen molar-refractivity contribution in [3.63, 3.8) is 0 Å². The van der Waals surface area contributed by atoms with Gasteiger partial charge in [-0.2, -0.15) is 0 Å². The predicted octanol–water partition coefficient (Wildman–Crippen LogP) is 0.644. The van der Waals surface area contributed by atoms with Crippen LogP contribution in [0.3, 0.4) is 0 Å². The zero-order chi connectivity index (χ0) is 14.4. The lowest BCUT2D eigenvalue weighted by atomic mass is 9.93. The Labute approximate surface area is 125 Å². The van der Waals surface area contributed by atoms with Crippen molar-refractivity contribution in [3.8, 4) is 0 Å². The third kappa shape index (κ3) is 2.45. The molecule has 4 unspecified atom stereocenters. The van der Waals surface area contributed by atoms with Crippen molar-refractivity contribution in [2.45, 2.75) is 63.1 Å². The van der Waals surface area contributed by atoms with Crippen molar-refractivity contribution >= 4 is 11.8 Å². The minimum Gasteiger partial charge on any atom is -0.352 e. The molecule has 2 amide bonds. The number of carbonyl (C=O) groups excluding carboxylic acids is 2. The van der Waals surface area contributed by atoms with Crippen LogP contribution in [0.4, 0.5) is 0 Å². The number of rotatable bonds is 3. The largest absolute Gasteiger partial charge is 0.352 e. The summed E-state index contributed by atoms with van der Waals surface area (Å²) in [7, 11) is 0. The second-order valence-electron chi connectivity index (χ2n) is 7.21. The molecule has 2 heterocycles. The second kappa shape index (κ2) is 5.27. The molecule has 0 radical (unpaired) electrons. The highest BCUT2D eigenvalue weighted by atomic mass is 16.2. The van der Waals surface area contributed by atoms with Crippen LogP contribution < -0.4 is 10.6 Å². The van der Waals surface area contributed by atoms with Crippen LogP contribution in [0.5, 0.6) is 0 Å². The molecule has 2 N–H and O–H groups in total. The Morgan fingerprint density at radius 1 is 1.05 bits per heavy atom. The molecule has 2 aliphatic carbocycles. The number of amides is 2. The van der Waals surface area contributed by atoms with Gasteiger partial charge in [-0.3, -0.25) is 9.59 Å². The summed E-state index contributed by atoms with van der Waals surface area (Å²) in [5.74, 6) is 1.44. The Hall–Kier alpha value is -1.10. The Morgan fingerprint density at radius 2 is 1.90 bits per heavy atom. The molecule has 116 valence electrons. The van der Waals surface area contributed by atoms with Crippen LogP contribution in [-0.2, 0) is 9.59 Å². The van der Waals surface area contributed by atoms with Crippen LogP contribution in [0, 0.1) is 11.8 Å². The van der Waals surface area contributed by atoms with Gasteiger partial charge in [0.15, 0.2) is 0 Å². The van der Waals surface area contributed by atoms with Crippen LogP contribution in [0.15, 0.2) is 0 Å². The van der Waals surface area contributed by atoms with Crippen molar-refractivity contribution in [1.82, 2.24) is 15.5 Å². The van der Waals surface area contributed by atoms with Crippen molar-refractivity contribution in [2.75, 3.05) is 13.1 Å². The molecule has 4 rings (SSSR count). The standard InChI is InChI=1S/C16H25N3O2/c20-15(18-11-6-7-11)13-5-2-8-19(13)16(21)14-12-4-1-3-10(12)9-17-14/h10-14,17H,1-9H2,(H,18,20). The summed E-state index contributed by atoms with van der Waals surface area (Å²) in [5.41, 5.74) is 0. The summed E-state index contributed by atoms with van der Waals surface area (Å²) in [6.45, 7) is 1.73. The maximum atomic E-state index is 12.9. The average molecular weight is 291 g/mol. The van der Waals surface area contributed by atoms with Gasteiger partial charge in [0, 0.05) is 12.6 Å². The van der Waals surface area contributed by atoms with Crippen LogP contribution in [0.2, 0.25) is 0 Å². The van der Waals surface area contributed by atoms with E-state index >= 15 is 0 Å². The topological polar surface area (TPSA) is 61.4 Å². The molecule has 0 aromatic carbocycles. The molecule has 2 saturated heterocycles. The fourth-order valence-electron chi connectivity index (χ4n) is 4.46. The van der Waals surface area contributed by atoms with E-state index in [2.05, 4.69) is 10.6 Å². The first-order valence-electron chi connectivity index (χ1n) is 8.58. The van der Waals surface area contributed by atoms with Gasteiger partial charge in [-0.05, 0) is 56.9 Å². The SMILES string of the molecule is O=C(NC1CC1)C1CCCN1C(=O)C1NCC2CCCC21. The van der Waals surface area contributed by atoms with E-state index in [1.165, 1.54) is 19.3 Å². The van der Waals surface area contributed by atoms with Crippen LogP contribution in [-0.4, -0.2) is 47.9 Å². The number of fused-ring (bicyclic) bond motifs is 1. The summed E-state index contributed by atoms with van der Waals surface area (Å²) >= 11 is 0. The van der Waals surface area contributed by atoms with Gasteiger partial charge in [0.2, 0.25) is 11.8 Å². The molecule has 0 spiro atoms. The number of likely N-dealkylation sites (tertiary alicyclic amines) is 1. The van der Waals surface area contributed by atoms with Gasteiger partial charge < -0.3 is 15.5 Å². The molecule has 0 bridgehead atoms. The number of carbonyl (C=O) groups is 2. The minimum absolute atomic E-state index is 0.0353. The molecule has 5 heteroatoms. The van der Waals surface area contributed by atoms with E-state index < -0.39 is 0 Å². The average Bonchev–Trinajstić information content (AvgIpc) is 2.94. The number of hydrogen-bond acceptors (Lipinski definition) is 3. The molecule has 0 aromatic rings. The summed E-state index contributed by atoms with van der Waals surface area (Å²) < 4.78 is 0. The van der Waals surface area contributed by atoms with Gasteiger partial charge in [-0.15, -0.1) is 0 Å². The molecule has 2 aliphatic heterocycles. The van der Waals surface area contributed by atoms with Crippen LogP contribution in [0.25, 0.3) is 0 Å². The van der Waals surface area contributed by atoms with E-state index in [0.29, 0.717) is 17.9 Å². The molecule has 21 heavy (non-hydrogen) atoms. The fraction of sp³-hybridized carbons (Fsp3) is 0.875. The lowest BCUT2D eigenvalue weighted by molar-refractivity contribution is -0.140. The zero-order valence-corrected chi connectivity index (χ0v) is 12.5. The number of nitrogens with zero attached hydrogens (tertiary/aromatic N) is 1. The molecule has 4 aliphatic rings. The van der Waals surface area contributed by atoms with Gasteiger partial charge >= 0.3 is 0 Å². The molecule has 5 nitrogen and oxygen atoms in total. The maximum Gasteiger partial charge on any atom is 0.243 e. The van der Waals surface area contributed by atoms with E-state index in [1.807, 2.05) is 4.90 Å². The molecular formula is C16H25N3O2.